The van der Waals surface area contributed by atoms with E-state index in [4.69, 9.17) is 0 Å². The van der Waals surface area contributed by atoms with Gasteiger partial charge < -0.3 is 10.4 Å². The van der Waals surface area contributed by atoms with Crippen molar-refractivity contribution in [2.24, 2.45) is 11.3 Å². The van der Waals surface area contributed by atoms with Crippen molar-refractivity contribution in [2.75, 3.05) is 26.7 Å². The molecule has 0 fully saturated rings. The Kier molecular flexibility index (Phi) is 12.8. The smallest absolute Gasteiger partial charge is 0.252 e. The molecule has 2 aromatic rings. The van der Waals surface area contributed by atoms with Crippen molar-refractivity contribution in [2.45, 2.75) is 70.9 Å². The number of sulfonamides is 1. The van der Waals surface area contributed by atoms with E-state index in [-0.39, 0.29) is 54.6 Å². The minimum Gasteiger partial charge on any atom is -0.390 e. The van der Waals surface area contributed by atoms with Crippen molar-refractivity contribution < 1.29 is 23.1 Å². The van der Waals surface area contributed by atoms with E-state index in [0.29, 0.717) is 6.42 Å². The van der Waals surface area contributed by atoms with Crippen LogP contribution in [0.1, 0.15) is 53.0 Å². The van der Waals surface area contributed by atoms with Crippen LogP contribution in [0.4, 0.5) is 0 Å². The first-order valence-corrected chi connectivity index (χ1v) is 15.2. The minimum absolute atomic E-state index is 0.0314. The minimum atomic E-state index is -3.93. The summed E-state index contributed by atoms with van der Waals surface area (Å²) in [5, 5.41) is 15.7. The lowest BCUT2D eigenvalue weighted by atomic mass is 9.91. The van der Waals surface area contributed by atoms with Crippen LogP contribution in [0.25, 0.3) is 0 Å². The number of aliphatic hydroxyl groups is 1. The maximum absolute atomic E-state index is 13.7. The summed E-state index contributed by atoms with van der Waals surface area (Å²) in [6, 6.07) is 16.5. The number of nitrogens with zero attached hydrogens (tertiary/aromatic N) is 2. The van der Waals surface area contributed by atoms with Crippen LogP contribution in [-0.2, 0) is 26.0 Å². The van der Waals surface area contributed by atoms with Gasteiger partial charge in [-0.1, -0.05) is 83.1 Å². The molecule has 0 aliphatic rings. The van der Waals surface area contributed by atoms with E-state index < -0.39 is 28.1 Å². The summed E-state index contributed by atoms with van der Waals surface area (Å²) in [5.41, 5.74) is 3.14. The molecule has 0 aromatic heterocycles. The highest BCUT2D eigenvalue weighted by atomic mass is 32.2. The fourth-order valence-electron chi connectivity index (χ4n) is 4.24. The van der Waals surface area contributed by atoms with Crippen molar-refractivity contribution in [3.63, 3.8) is 0 Å². The van der Waals surface area contributed by atoms with Crippen LogP contribution in [0.15, 0.2) is 65.6 Å². The summed E-state index contributed by atoms with van der Waals surface area (Å²) in [7, 11) is -2.31. The first kappa shape index (κ1) is 33.4. The lowest BCUT2D eigenvalue weighted by Crippen LogP contribution is -2.60. The van der Waals surface area contributed by atoms with Crippen molar-refractivity contribution in [3.05, 3.63) is 66.2 Å². The Balaban J connectivity index is 2.52. The Morgan fingerprint density at radius 1 is 0.975 bits per heavy atom. The van der Waals surface area contributed by atoms with E-state index in [9.17, 15) is 23.1 Å². The monoisotopic (exact) mass is 574 g/mol. The quantitative estimate of drug-likeness (QED) is 0.298. The first-order chi connectivity index (χ1) is 18.7. The predicted molar refractivity (Wildman–Crippen MR) is 158 cm³/mol. The van der Waals surface area contributed by atoms with Gasteiger partial charge in [-0.05, 0) is 48.9 Å². The molecule has 0 saturated carbocycles. The average Bonchev–Trinajstić information content (AvgIpc) is 2.88. The lowest BCUT2D eigenvalue weighted by molar-refractivity contribution is -0.149. The molecule has 0 aliphatic heterocycles. The SMILES string of the molecule is CNCC(=O)NN(C(=O)CC(C)(C)C)[C@@H](Cc1ccccc1)[C@@H](O)CN(CCC(C)C)S(=O)(=O)c1ccccc1. The number of rotatable bonds is 14. The molecule has 0 unspecified atom stereocenters. The molecule has 2 amide bonds. The molecule has 0 spiro atoms. The van der Waals surface area contributed by atoms with Gasteiger partial charge in [-0.2, -0.15) is 4.31 Å². The molecule has 0 heterocycles. The van der Waals surface area contributed by atoms with Crippen LogP contribution >= 0.6 is 0 Å². The Morgan fingerprint density at radius 2 is 1.55 bits per heavy atom. The Morgan fingerprint density at radius 3 is 2.08 bits per heavy atom. The molecule has 222 valence electrons. The largest absolute Gasteiger partial charge is 0.390 e. The van der Waals surface area contributed by atoms with Crippen molar-refractivity contribution in [1.29, 1.82) is 0 Å². The molecule has 2 atom stereocenters. The normalized spacial score (nSPS) is 13.7. The molecule has 2 aromatic carbocycles. The van der Waals surface area contributed by atoms with Gasteiger partial charge >= 0.3 is 0 Å². The number of amides is 2. The van der Waals surface area contributed by atoms with Gasteiger partial charge in [0.15, 0.2) is 0 Å². The number of carbonyl (C=O) groups excluding carboxylic acids is 2. The third kappa shape index (κ3) is 10.6. The van der Waals surface area contributed by atoms with Gasteiger partial charge in [0.2, 0.25) is 15.9 Å². The van der Waals surface area contributed by atoms with Crippen LogP contribution in [-0.4, -0.2) is 73.5 Å². The zero-order chi connectivity index (χ0) is 29.9. The highest BCUT2D eigenvalue weighted by Gasteiger charge is 2.36. The summed E-state index contributed by atoms with van der Waals surface area (Å²) in [4.78, 5) is 26.4. The van der Waals surface area contributed by atoms with E-state index in [1.807, 2.05) is 65.0 Å². The topological polar surface area (TPSA) is 119 Å². The van der Waals surface area contributed by atoms with Crippen molar-refractivity contribution in [3.8, 4) is 0 Å². The van der Waals surface area contributed by atoms with Crippen LogP contribution in [0.2, 0.25) is 0 Å². The zero-order valence-corrected chi connectivity index (χ0v) is 25.4. The van der Waals surface area contributed by atoms with E-state index in [1.54, 1.807) is 25.2 Å². The van der Waals surface area contributed by atoms with Gasteiger partial charge in [0.25, 0.3) is 5.91 Å². The van der Waals surface area contributed by atoms with Crippen LogP contribution in [0.5, 0.6) is 0 Å². The van der Waals surface area contributed by atoms with Crippen molar-refractivity contribution in [1.82, 2.24) is 20.1 Å². The highest BCUT2D eigenvalue weighted by molar-refractivity contribution is 7.89. The van der Waals surface area contributed by atoms with Crippen LogP contribution in [0, 0.1) is 11.3 Å². The number of hydrogen-bond acceptors (Lipinski definition) is 6. The number of nitrogens with one attached hydrogen (secondary N) is 2. The standard InChI is InChI=1S/C30H46N4O5S/c1-23(2)17-18-33(40(38,39)25-15-11-8-12-16-25)22-27(35)26(19-24-13-9-7-10-14-24)34(32-28(36)21-31-6)29(37)20-30(3,4)5/h7-16,23,26-27,31,35H,17-22H2,1-6H3,(H,32,36)/t26-,27-/m0/s1. The fraction of sp³-hybridized carbons (Fsp3) is 0.533. The molecule has 0 aliphatic carbocycles. The summed E-state index contributed by atoms with van der Waals surface area (Å²) >= 11 is 0. The molecule has 0 radical (unpaired) electrons. The second-order valence-electron chi connectivity index (χ2n) is 11.7. The van der Waals surface area contributed by atoms with Gasteiger partial charge in [-0.3, -0.25) is 15.0 Å². The number of hydrazine groups is 1. The van der Waals surface area contributed by atoms with E-state index >= 15 is 0 Å². The Labute approximate surface area is 240 Å². The molecule has 0 saturated heterocycles. The third-order valence-electron chi connectivity index (χ3n) is 6.32. The molecule has 40 heavy (non-hydrogen) atoms. The van der Waals surface area contributed by atoms with E-state index in [2.05, 4.69) is 10.7 Å². The molecule has 10 heteroatoms. The summed E-state index contributed by atoms with van der Waals surface area (Å²) in [6.45, 7) is 9.69. The number of aliphatic hydroxyl groups excluding tert-OH is 1. The number of carbonyl (C=O) groups is 2. The lowest BCUT2D eigenvalue weighted by Gasteiger charge is -2.38. The summed E-state index contributed by atoms with van der Waals surface area (Å²) in [5.74, 6) is -0.573. The Bertz CT molecular complexity index is 1170. The molecule has 9 nitrogen and oxygen atoms in total. The molecule has 2 rings (SSSR count). The molecule has 3 N–H and O–H groups in total. The van der Waals surface area contributed by atoms with Crippen LogP contribution in [0.3, 0.4) is 0 Å². The molecular weight excluding hydrogens is 528 g/mol. The third-order valence-corrected chi connectivity index (χ3v) is 8.20. The van der Waals surface area contributed by atoms with E-state index in [0.717, 1.165) is 5.56 Å². The molecular formula is C30H46N4O5S. The summed E-state index contributed by atoms with van der Waals surface area (Å²) < 4.78 is 28.6. The van der Waals surface area contributed by atoms with Gasteiger partial charge in [-0.25, -0.2) is 13.4 Å². The van der Waals surface area contributed by atoms with Gasteiger partial charge in [-0.15, -0.1) is 0 Å². The Hall–Kier alpha value is -2.79. The summed E-state index contributed by atoms with van der Waals surface area (Å²) in [6.07, 6.45) is -0.386. The predicted octanol–water partition coefficient (Wildman–Crippen LogP) is 3.21. The van der Waals surface area contributed by atoms with Crippen molar-refractivity contribution >= 4 is 21.8 Å². The van der Waals surface area contributed by atoms with E-state index in [1.165, 1.54) is 21.4 Å². The average molecular weight is 575 g/mol. The second kappa shape index (κ2) is 15.3. The number of benzene rings is 2. The fourth-order valence-corrected chi connectivity index (χ4v) is 5.74. The maximum Gasteiger partial charge on any atom is 0.252 e. The number of likely N-dealkylation sites (N-methyl/N-ethyl adjacent to an activating group) is 1. The highest BCUT2D eigenvalue weighted by Crippen LogP contribution is 2.24. The maximum atomic E-state index is 13.7. The van der Waals surface area contributed by atoms with Crippen LogP contribution < -0.4 is 10.7 Å². The van der Waals surface area contributed by atoms with Gasteiger partial charge in [0.05, 0.1) is 23.6 Å². The molecule has 0 bridgehead atoms. The zero-order valence-electron chi connectivity index (χ0n) is 24.6. The number of hydrogen-bond donors (Lipinski definition) is 3. The van der Waals surface area contributed by atoms with Gasteiger partial charge in [0, 0.05) is 19.5 Å². The van der Waals surface area contributed by atoms with Gasteiger partial charge in [0.1, 0.15) is 0 Å². The second-order valence-corrected chi connectivity index (χ2v) is 13.7. The first-order valence-electron chi connectivity index (χ1n) is 13.8.